The number of ether oxygens (including phenoxy) is 2. The quantitative estimate of drug-likeness (QED) is 0.669. The van der Waals surface area contributed by atoms with E-state index in [9.17, 15) is 30.7 Å². The van der Waals surface area contributed by atoms with Gasteiger partial charge in [-0.15, -0.1) is 0 Å². The molecule has 0 N–H and O–H groups in total. The van der Waals surface area contributed by atoms with Crippen LogP contribution in [0.2, 0.25) is 0 Å². The van der Waals surface area contributed by atoms with Gasteiger partial charge in [-0.25, -0.2) is 9.97 Å². The van der Waals surface area contributed by atoms with Gasteiger partial charge in [0.15, 0.2) is 6.61 Å². The maximum atomic E-state index is 13.2. The molecule has 142 valence electrons. The van der Waals surface area contributed by atoms with E-state index in [1.165, 1.54) is 0 Å². The van der Waals surface area contributed by atoms with E-state index in [-0.39, 0.29) is 12.5 Å². The minimum absolute atomic E-state index is 0.0552. The highest BCUT2D eigenvalue weighted by Gasteiger charge is 2.73. The molecule has 0 aliphatic rings. The van der Waals surface area contributed by atoms with Crippen LogP contribution in [0.25, 0.3) is 0 Å². The van der Waals surface area contributed by atoms with Gasteiger partial charge in [0.1, 0.15) is 12.9 Å². The molecule has 0 spiro atoms. The molecular formula is C15H11F7N2O2. The molecule has 26 heavy (non-hydrogen) atoms. The minimum Gasteiger partial charge on any atom is -0.473 e. The van der Waals surface area contributed by atoms with Gasteiger partial charge >= 0.3 is 18.0 Å². The SMILES string of the molecule is FC(F)(F)C(F)(F)C(F)(F)COc1cc(OCc2ccccc2)ncn1. The van der Waals surface area contributed by atoms with Crippen molar-refractivity contribution >= 4 is 0 Å². The first-order valence-corrected chi connectivity index (χ1v) is 6.97. The molecule has 0 fully saturated rings. The monoisotopic (exact) mass is 384 g/mol. The van der Waals surface area contributed by atoms with Crippen molar-refractivity contribution in [2.24, 2.45) is 0 Å². The Morgan fingerprint density at radius 1 is 0.808 bits per heavy atom. The summed E-state index contributed by atoms with van der Waals surface area (Å²) in [5.41, 5.74) is 0.755. The predicted octanol–water partition coefficient (Wildman–Crippen LogP) is 4.27. The van der Waals surface area contributed by atoms with Crippen LogP contribution in [0.4, 0.5) is 30.7 Å². The lowest BCUT2D eigenvalue weighted by Gasteiger charge is -2.27. The van der Waals surface area contributed by atoms with Crippen molar-refractivity contribution in [3.05, 3.63) is 48.3 Å². The third kappa shape index (κ3) is 4.52. The van der Waals surface area contributed by atoms with Crippen molar-refractivity contribution in [1.82, 2.24) is 9.97 Å². The van der Waals surface area contributed by atoms with E-state index in [1.807, 2.05) is 0 Å². The van der Waals surface area contributed by atoms with Crippen molar-refractivity contribution in [2.75, 3.05) is 6.61 Å². The zero-order valence-corrected chi connectivity index (χ0v) is 12.8. The molecule has 2 aromatic rings. The Labute approximate surface area is 142 Å². The van der Waals surface area contributed by atoms with Gasteiger partial charge in [0.25, 0.3) is 0 Å². The van der Waals surface area contributed by atoms with Crippen molar-refractivity contribution in [3.63, 3.8) is 0 Å². The van der Waals surface area contributed by atoms with Crippen LogP contribution in [-0.4, -0.2) is 34.6 Å². The molecule has 0 atom stereocenters. The maximum absolute atomic E-state index is 13.2. The number of rotatable bonds is 7. The van der Waals surface area contributed by atoms with Gasteiger partial charge in [-0.2, -0.15) is 30.7 Å². The molecule has 0 aliphatic heterocycles. The summed E-state index contributed by atoms with van der Waals surface area (Å²) >= 11 is 0. The van der Waals surface area contributed by atoms with Crippen molar-refractivity contribution < 1.29 is 40.2 Å². The van der Waals surface area contributed by atoms with E-state index in [2.05, 4.69) is 14.7 Å². The highest BCUT2D eigenvalue weighted by molar-refractivity contribution is 5.20. The van der Waals surface area contributed by atoms with E-state index < -0.39 is 30.5 Å². The lowest BCUT2D eigenvalue weighted by atomic mass is 10.2. The van der Waals surface area contributed by atoms with Crippen molar-refractivity contribution in [3.8, 4) is 11.8 Å². The van der Waals surface area contributed by atoms with Crippen LogP contribution in [-0.2, 0) is 6.61 Å². The number of halogens is 7. The van der Waals surface area contributed by atoms with Gasteiger partial charge in [0.2, 0.25) is 11.8 Å². The second-order valence-corrected chi connectivity index (χ2v) is 5.03. The molecule has 0 bridgehead atoms. The predicted molar refractivity (Wildman–Crippen MR) is 74.3 cm³/mol. The standard InChI is InChI=1S/C15H11F7N2O2/c16-13(17,14(18,19)15(20,21)22)8-26-12-6-11(23-9-24-12)25-7-10-4-2-1-3-5-10/h1-6,9H,7-8H2. The number of aromatic nitrogens is 2. The largest absolute Gasteiger partial charge is 0.473 e. The molecule has 1 aromatic carbocycles. The zero-order valence-electron chi connectivity index (χ0n) is 12.8. The highest BCUT2D eigenvalue weighted by atomic mass is 19.4. The Balaban J connectivity index is 2.00. The molecule has 0 saturated carbocycles. The first-order chi connectivity index (χ1) is 12.0. The topological polar surface area (TPSA) is 44.2 Å². The highest BCUT2D eigenvalue weighted by Crippen LogP contribution is 2.46. The van der Waals surface area contributed by atoms with Crippen LogP contribution in [0.5, 0.6) is 11.8 Å². The molecule has 0 radical (unpaired) electrons. The summed E-state index contributed by atoms with van der Waals surface area (Å²) in [6.45, 7) is -2.17. The molecular weight excluding hydrogens is 373 g/mol. The molecule has 1 aromatic heterocycles. The summed E-state index contributed by atoms with van der Waals surface area (Å²) in [4.78, 5) is 7.03. The van der Waals surface area contributed by atoms with E-state index in [4.69, 9.17) is 4.74 Å². The summed E-state index contributed by atoms with van der Waals surface area (Å²) in [6.07, 6.45) is -5.59. The Hall–Kier alpha value is -2.59. The molecule has 0 unspecified atom stereocenters. The fraction of sp³-hybridized carbons (Fsp3) is 0.333. The normalized spacial score (nSPS) is 12.7. The van der Waals surface area contributed by atoms with Crippen LogP contribution in [0, 0.1) is 0 Å². The number of hydrogen-bond acceptors (Lipinski definition) is 4. The third-order valence-corrected chi connectivity index (χ3v) is 3.06. The number of alkyl halides is 7. The van der Waals surface area contributed by atoms with Gasteiger partial charge in [0, 0.05) is 0 Å². The van der Waals surface area contributed by atoms with Gasteiger partial charge in [-0.1, -0.05) is 30.3 Å². The van der Waals surface area contributed by atoms with Gasteiger partial charge in [-0.05, 0) is 5.56 Å². The van der Waals surface area contributed by atoms with Crippen molar-refractivity contribution in [1.29, 1.82) is 0 Å². The van der Waals surface area contributed by atoms with E-state index >= 15 is 0 Å². The summed E-state index contributed by atoms with van der Waals surface area (Å²) in [6, 6.07) is 9.63. The second-order valence-electron chi connectivity index (χ2n) is 5.03. The van der Waals surface area contributed by atoms with Gasteiger partial charge in [0.05, 0.1) is 6.07 Å². The number of nitrogens with zero attached hydrogens (tertiary/aromatic N) is 2. The molecule has 1 heterocycles. The molecule has 0 amide bonds. The van der Waals surface area contributed by atoms with Gasteiger partial charge < -0.3 is 9.47 Å². The van der Waals surface area contributed by atoms with E-state index in [0.717, 1.165) is 18.0 Å². The van der Waals surface area contributed by atoms with Crippen molar-refractivity contribution in [2.45, 2.75) is 24.6 Å². The van der Waals surface area contributed by atoms with E-state index in [1.54, 1.807) is 30.3 Å². The summed E-state index contributed by atoms with van der Waals surface area (Å²) < 4.78 is 97.6. The maximum Gasteiger partial charge on any atom is 0.460 e. The number of hydrogen-bond donors (Lipinski definition) is 0. The van der Waals surface area contributed by atoms with Crippen LogP contribution in [0.1, 0.15) is 5.56 Å². The summed E-state index contributed by atoms with van der Waals surface area (Å²) in [5.74, 6) is -12.5. The van der Waals surface area contributed by atoms with Crippen LogP contribution in [0.15, 0.2) is 42.7 Å². The van der Waals surface area contributed by atoms with Crippen LogP contribution in [0.3, 0.4) is 0 Å². The minimum atomic E-state index is -6.42. The summed E-state index contributed by atoms with van der Waals surface area (Å²) in [7, 11) is 0. The van der Waals surface area contributed by atoms with E-state index in [0.29, 0.717) is 0 Å². The third-order valence-electron chi connectivity index (χ3n) is 3.06. The Bertz CT molecular complexity index is 723. The zero-order chi connectivity index (χ0) is 19.4. The number of benzene rings is 1. The fourth-order valence-corrected chi connectivity index (χ4v) is 1.67. The Morgan fingerprint density at radius 2 is 1.38 bits per heavy atom. The lowest BCUT2D eigenvalue weighted by molar-refractivity contribution is -0.358. The Morgan fingerprint density at radius 3 is 1.96 bits per heavy atom. The average molecular weight is 384 g/mol. The van der Waals surface area contributed by atoms with Gasteiger partial charge in [-0.3, -0.25) is 0 Å². The lowest BCUT2D eigenvalue weighted by Crippen LogP contribution is -2.54. The smallest absolute Gasteiger partial charge is 0.460 e. The van der Waals surface area contributed by atoms with Crippen LogP contribution >= 0.6 is 0 Å². The molecule has 4 nitrogen and oxygen atoms in total. The second kappa shape index (κ2) is 7.34. The fourth-order valence-electron chi connectivity index (χ4n) is 1.67. The summed E-state index contributed by atoms with van der Waals surface area (Å²) in [5, 5.41) is 0. The molecule has 2 rings (SSSR count). The molecule has 0 saturated heterocycles. The molecule has 0 aliphatic carbocycles. The average Bonchev–Trinajstić information content (AvgIpc) is 2.58. The molecule has 11 heteroatoms. The van der Waals surface area contributed by atoms with Crippen LogP contribution < -0.4 is 9.47 Å². The first kappa shape index (κ1) is 19.7. The Kier molecular flexibility index (Phi) is 5.57. The first-order valence-electron chi connectivity index (χ1n) is 6.97.